The Morgan fingerprint density at radius 1 is 0.912 bits per heavy atom. The Kier molecular flexibility index (Phi) is 5.67. The molecule has 2 aliphatic rings. The maximum absolute atomic E-state index is 11.8. The summed E-state index contributed by atoms with van der Waals surface area (Å²) in [5.41, 5.74) is 4.04. The van der Waals surface area contributed by atoms with Crippen LogP contribution in [0.25, 0.3) is 22.0 Å². The molecular weight excluding hydrogens is 432 g/mol. The molecule has 170 valence electrons. The average molecular weight is 454 g/mol. The van der Waals surface area contributed by atoms with E-state index in [1.54, 1.807) is 6.07 Å². The van der Waals surface area contributed by atoms with Crippen LogP contribution >= 0.6 is 0 Å². The highest BCUT2D eigenvalue weighted by atomic mass is 16.6. The smallest absolute Gasteiger partial charge is 0.331 e. The summed E-state index contributed by atoms with van der Waals surface area (Å²) < 4.78 is 11.8. The molecule has 0 saturated carbocycles. The van der Waals surface area contributed by atoms with Crippen LogP contribution in [0, 0.1) is 0 Å². The molecular formula is C26H22N4O4. The van der Waals surface area contributed by atoms with Crippen LogP contribution in [0.15, 0.2) is 100 Å². The Morgan fingerprint density at radius 3 is 2.53 bits per heavy atom. The maximum atomic E-state index is 11.8. The van der Waals surface area contributed by atoms with Gasteiger partial charge in [0.1, 0.15) is 0 Å². The van der Waals surface area contributed by atoms with Gasteiger partial charge in [-0.1, -0.05) is 54.6 Å². The Hall–Kier alpha value is -4.27. The molecule has 0 saturated heterocycles. The van der Waals surface area contributed by atoms with E-state index in [4.69, 9.17) is 9.47 Å². The zero-order valence-electron chi connectivity index (χ0n) is 18.1. The van der Waals surface area contributed by atoms with Gasteiger partial charge in [0.15, 0.2) is 11.5 Å². The summed E-state index contributed by atoms with van der Waals surface area (Å²) in [5, 5.41) is 11.7. The van der Waals surface area contributed by atoms with Crippen LogP contribution in [-0.4, -0.2) is 23.2 Å². The van der Waals surface area contributed by atoms with Gasteiger partial charge in [-0.25, -0.2) is 0 Å². The third kappa shape index (κ3) is 3.96. The summed E-state index contributed by atoms with van der Waals surface area (Å²) in [6, 6.07) is 25.4. The number of nitrogens with zero attached hydrogens (tertiary/aromatic N) is 1. The molecule has 8 nitrogen and oxygen atoms in total. The molecule has 6 rings (SSSR count). The van der Waals surface area contributed by atoms with Crippen molar-refractivity contribution in [3.63, 3.8) is 0 Å². The second kappa shape index (κ2) is 8.93. The van der Waals surface area contributed by atoms with Gasteiger partial charge in [0.2, 0.25) is 5.56 Å². The molecule has 8 heteroatoms. The van der Waals surface area contributed by atoms with E-state index in [1.807, 2.05) is 48.5 Å². The van der Waals surface area contributed by atoms with Crippen molar-refractivity contribution < 1.29 is 20.1 Å². The van der Waals surface area contributed by atoms with Crippen LogP contribution in [-0.2, 0) is 6.42 Å². The van der Waals surface area contributed by atoms with E-state index in [1.165, 1.54) is 5.56 Å². The second-order valence-electron chi connectivity index (χ2n) is 7.99. The van der Waals surface area contributed by atoms with E-state index in [2.05, 4.69) is 44.8 Å². The average Bonchev–Trinajstić information content (AvgIpc) is 3.24. The van der Waals surface area contributed by atoms with E-state index in [0.717, 1.165) is 35.0 Å². The van der Waals surface area contributed by atoms with Crippen molar-refractivity contribution in [2.24, 2.45) is 5.11 Å². The molecule has 4 N–H and O–H groups in total. The molecule has 0 radical (unpaired) electrons. The number of nitrogens with one attached hydrogen (secondary N) is 3. The first kappa shape index (κ1) is 21.6. The fourth-order valence-electron chi connectivity index (χ4n) is 4.15. The molecule has 3 aromatic carbocycles. The molecule has 1 atom stereocenters. The van der Waals surface area contributed by atoms with E-state index in [9.17, 15) is 4.79 Å². The highest BCUT2D eigenvalue weighted by Gasteiger charge is 2.37. The van der Waals surface area contributed by atoms with E-state index in [0.29, 0.717) is 23.1 Å². The van der Waals surface area contributed by atoms with E-state index >= 15 is 0 Å². The Morgan fingerprint density at radius 2 is 1.71 bits per heavy atom. The SMILES string of the molecule is O=c1ccc2cccc(-c3ccc(CCNC4[NH+]=NC5=C4Oc4ccccc4O5)cc3)c2[nH]1.[OH-]. The largest absolute Gasteiger partial charge is 0.870 e. The van der Waals surface area contributed by atoms with Gasteiger partial charge in [-0.2, -0.15) is 0 Å². The van der Waals surface area contributed by atoms with Crippen molar-refractivity contribution in [1.82, 2.24) is 10.3 Å². The number of azo groups is 1. The van der Waals surface area contributed by atoms with Crippen LogP contribution in [0.4, 0.5) is 0 Å². The zero-order valence-corrected chi connectivity index (χ0v) is 18.1. The van der Waals surface area contributed by atoms with E-state index in [-0.39, 0.29) is 17.2 Å². The summed E-state index contributed by atoms with van der Waals surface area (Å²) in [6.45, 7) is 0.732. The molecule has 0 spiro atoms. The molecule has 34 heavy (non-hydrogen) atoms. The fourth-order valence-corrected chi connectivity index (χ4v) is 4.15. The number of fused-ring (bicyclic) bond motifs is 2. The standard InChI is InChI=1S/C26H20N4O3.H2O/c31-22-13-12-18-4-3-5-19(23(18)28-22)17-10-8-16(9-11-17)14-15-27-25-24-26(30-29-25)33-21-7-2-1-6-20(21)32-24;/h1-13,25,27H,14-15H2,(H,28,31);1H2. The quantitative estimate of drug-likeness (QED) is 0.428. The minimum atomic E-state index is -0.236. The lowest BCUT2D eigenvalue weighted by molar-refractivity contribution is -0.562. The first-order valence-electron chi connectivity index (χ1n) is 10.8. The van der Waals surface area contributed by atoms with Crippen LogP contribution in [0.1, 0.15) is 5.56 Å². The first-order valence-corrected chi connectivity index (χ1v) is 10.8. The van der Waals surface area contributed by atoms with Gasteiger partial charge in [0.05, 0.1) is 5.52 Å². The number of H-pyrrole nitrogens is 1. The van der Waals surface area contributed by atoms with Crippen LogP contribution in [0.5, 0.6) is 11.5 Å². The van der Waals surface area contributed by atoms with Crippen molar-refractivity contribution in [2.75, 3.05) is 6.54 Å². The summed E-state index contributed by atoms with van der Waals surface area (Å²) in [7, 11) is 0. The summed E-state index contributed by atoms with van der Waals surface area (Å²) in [5.74, 6) is 2.46. The number of para-hydroxylation sites is 3. The van der Waals surface area contributed by atoms with Gasteiger partial charge in [-0.3, -0.25) is 10.1 Å². The maximum Gasteiger partial charge on any atom is 0.331 e. The first-order chi connectivity index (χ1) is 16.2. The number of aromatic amines is 1. The molecule has 1 aromatic heterocycles. The van der Waals surface area contributed by atoms with Crippen LogP contribution in [0.3, 0.4) is 0 Å². The fraction of sp³-hybridized carbons (Fsp3) is 0.115. The normalized spacial score (nSPS) is 15.8. The lowest BCUT2D eigenvalue weighted by Gasteiger charge is -2.17. The van der Waals surface area contributed by atoms with Crippen molar-refractivity contribution in [3.8, 4) is 22.6 Å². The molecule has 1 unspecified atom stereocenters. The molecule has 3 heterocycles. The molecule has 0 amide bonds. The third-order valence-corrected chi connectivity index (χ3v) is 5.83. The molecule has 0 fully saturated rings. The number of hydrogen-bond acceptors (Lipinski definition) is 6. The van der Waals surface area contributed by atoms with Gasteiger partial charge in [-0.05, 0) is 41.1 Å². The number of pyridine rings is 1. The minimum absolute atomic E-state index is 0. The summed E-state index contributed by atoms with van der Waals surface area (Å²) in [6.07, 6.45) is 0.602. The molecule has 4 aromatic rings. The van der Waals surface area contributed by atoms with Crippen molar-refractivity contribution in [1.29, 1.82) is 0 Å². The third-order valence-electron chi connectivity index (χ3n) is 5.83. The van der Waals surface area contributed by atoms with Crippen LogP contribution in [0.2, 0.25) is 0 Å². The van der Waals surface area contributed by atoms with E-state index < -0.39 is 0 Å². The highest BCUT2D eigenvalue weighted by molar-refractivity contribution is 5.93. The van der Waals surface area contributed by atoms with Crippen molar-refractivity contribution in [3.05, 3.63) is 106 Å². The number of aromatic nitrogens is 1. The number of hydrogen-bond donors (Lipinski definition) is 3. The van der Waals surface area contributed by atoms with Gasteiger partial charge in [0, 0.05) is 23.3 Å². The minimum Gasteiger partial charge on any atom is -0.870 e. The number of benzene rings is 3. The lowest BCUT2D eigenvalue weighted by atomic mass is 10.00. The summed E-state index contributed by atoms with van der Waals surface area (Å²) in [4.78, 5) is 14.8. The highest BCUT2D eigenvalue weighted by Crippen LogP contribution is 2.35. The Bertz CT molecular complexity index is 1470. The number of rotatable bonds is 5. The topological polar surface area (TPSA) is 120 Å². The Labute approximate surface area is 194 Å². The van der Waals surface area contributed by atoms with Crippen molar-refractivity contribution >= 4 is 10.9 Å². The van der Waals surface area contributed by atoms with Gasteiger partial charge in [0.25, 0.3) is 11.9 Å². The summed E-state index contributed by atoms with van der Waals surface area (Å²) >= 11 is 0. The molecule has 0 aliphatic carbocycles. The number of ether oxygens (including phenoxy) is 2. The monoisotopic (exact) mass is 454 g/mol. The molecule has 2 aliphatic heterocycles. The van der Waals surface area contributed by atoms with Gasteiger partial charge >= 0.3 is 5.88 Å². The van der Waals surface area contributed by atoms with Crippen molar-refractivity contribution in [2.45, 2.75) is 12.6 Å². The lowest BCUT2D eigenvalue weighted by Crippen LogP contribution is -2.77. The van der Waals surface area contributed by atoms with Gasteiger partial charge in [-0.15, -0.1) is 5.11 Å². The molecule has 0 bridgehead atoms. The predicted octanol–water partition coefficient (Wildman–Crippen LogP) is 2.66. The van der Waals surface area contributed by atoms with Crippen LogP contribution < -0.4 is 25.5 Å². The second-order valence-corrected chi connectivity index (χ2v) is 7.99. The predicted molar refractivity (Wildman–Crippen MR) is 126 cm³/mol. The Balaban J connectivity index is 0.00000241. The van der Waals surface area contributed by atoms with Gasteiger partial charge < -0.3 is 19.9 Å². The zero-order chi connectivity index (χ0) is 22.2.